The third kappa shape index (κ3) is 5.61. The molecule has 3 fully saturated rings. The molecule has 15 nitrogen and oxygen atoms in total. The minimum absolute atomic E-state index is 0.0718. The average Bonchev–Trinajstić information content (AvgIpc) is 3.92. The summed E-state index contributed by atoms with van der Waals surface area (Å²) < 4.78 is 45.5. The van der Waals surface area contributed by atoms with Crippen LogP contribution in [0, 0.1) is 25.5 Å². The van der Waals surface area contributed by atoms with Gasteiger partial charge < -0.3 is 14.2 Å². The Morgan fingerprint density at radius 3 is 2.47 bits per heavy atom. The molecular formula is C47H46F2N12O3. The highest BCUT2D eigenvalue weighted by atomic mass is 19.1. The Morgan fingerprint density at radius 1 is 0.938 bits per heavy atom. The van der Waals surface area contributed by atoms with E-state index in [0.29, 0.717) is 70.4 Å². The number of hydrogen-bond donors (Lipinski definition) is 1. The van der Waals surface area contributed by atoms with Crippen LogP contribution in [0.3, 0.4) is 0 Å². The van der Waals surface area contributed by atoms with Crippen molar-refractivity contribution < 1.29 is 18.3 Å². The Kier molecular flexibility index (Phi) is 8.28. The number of aromatic amines is 1. The molecule has 17 heteroatoms. The molecule has 2 saturated heterocycles. The maximum absolute atomic E-state index is 16.2. The Hall–Kier alpha value is -6.75. The number of rotatable bonds is 7. The molecule has 326 valence electrons. The van der Waals surface area contributed by atoms with Crippen molar-refractivity contribution in [3.63, 3.8) is 0 Å². The number of amides is 1. The molecule has 0 unspecified atom stereocenters. The molecule has 1 amide bonds. The Bertz CT molecular complexity index is 3270. The van der Waals surface area contributed by atoms with Gasteiger partial charge in [-0.25, -0.2) is 18.3 Å². The number of aryl methyl sites for hydroxylation is 3. The van der Waals surface area contributed by atoms with Crippen LogP contribution in [0.25, 0.3) is 39.0 Å². The highest BCUT2D eigenvalue weighted by Crippen LogP contribution is 2.53. The number of benzene rings is 3. The molecule has 8 aromatic rings. The van der Waals surface area contributed by atoms with E-state index in [1.165, 1.54) is 27.1 Å². The van der Waals surface area contributed by atoms with Crippen LogP contribution in [-0.2, 0) is 23.7 Å². The molecule has 8 heterocycles. The Balaban J connectivity index is 1.01. The summed E-state index contributed by atoms with van der Waals surface area (Å²) in [5.74, 6) is 0.239. The number of nitrogens with zero attached hydrogens (tertiary/aromatic N) is 11. The topological polar surface area (TPSA) is 152 Å². The number of carbonyl (C=O) groups is 1. The summed E-state index contributed by atoms with van der Waals surface area (Å²) in [7, 11) is 1.73. The summed E-state index contributed by atoms with van der Waals surface area (Å²) in [5, 5.41) is 26.1. The van der Waals surface area contributed by atoms with Crippen LogP contribution in [0.1, 0.15) is 109 Å². The van der Waals surface area contributed by atoms with Gasteiger partial charge in [0, 0.05) is 55.0 Å². The number of H-pyrrole nitrogens is 1. The Morgan fingerprint density at radius 2 is 1.72 bits per heavy atom. The zero-order chi connectivity index (χ0) is 44.0. The number of halogens is 2. The summed E-state index contributed by atoms with van der Waals surface area (Å²) >= 11 is 0. The summed E-state index contributed by atoms with van der Waals surface area (Å²) in [6, 6.07) is 14.7. The zero-order valence-electron chi connectivity index (χ0n) is 36.1. The van der Waals surface area contributed by atoms with E-state index in [-0.39, 0.29) is 29.1 Å². The molecule has 12 rings (SSSR count). The largest absolute Gasteiger partial charge is 0.376 e. The molecule has 3 atom stereocenters. The van der Waals surface area contributed by atoms with Crippen LogP contribution >= 0.6 is 0 Å². The van der Waals surface area contributed by atoms with Crippen molar-refractivity contribution in [3.8, 4) is 17.2 Å². The second kappa shape index (κ2) is 13.6. The molecular weight excluding hydrogens is 819 g/mol. The van der Waals surface area contributed by atoms with Gasteiger partial charge in [-0.3, -0.25) is 18.6 Å². The van der Waals surface area contributed by atoms with Crippen molar-refractivity contribution in [1.82, 2.24) is 58.8 Å². The predicted molar refractivity (Wildman–Crippen MR) is 232 cm³/mol. The number of carbonyl (C=O) groups excluding carboxylic acids is 1. The molecule has 5 aromatic heterocycles. The quantitative estimate of drug-likeness (QED) is 0.177. The lowest BCUT2D eigenvalue weighted by atomic mass is 9.83. The van der Waals surface area contributed by atoms with E-state index in [9.17, 15) is 4.79 Å². The van der Waals surface area contributed by atoms with Gasteiger partial charge in [-0.2, -0.15) is 15.4 Å². The molecule has 3 aliphatic heterocycles. The molecule has 4 aliphatic rings. The first-order valence-corrected chi connectivity index (χ1v) is 22.0. The number of hydrogen-bond acceptors (Lipinski definition) is 8. The van der Waals surface area contributed by atoms with Gasteiger partial charge in [-0.1, -0.05) is 11.3 Å². The molecule has 3 aromatic carbocycles. The van der Waals surface area contributed by atoms with E-state index in [2.05, 4.69) is 62.3 Å². The monoisotopic (exact) mass is 864 g/mol. The summed E-state index contributed by atoms with van der Waals surface area (Å²) in [4.78, 5) is 32.4. The van der Waals surface area contributed by atoms with Crippen LogP contribution < -0.4 is 5.69 Å². The van der Waals surface area contributed by atoms with E-state index >= 15 is 13.6 Å². The minimum Gasteiger partial charge on any atom is -0.376 e. The summed E-state index contributed by atoms with van der Waals surface area (Å²) in [6.07, 6.45) is 9.69. The van der Waals surface area contributed by atoms with Gasteiger partial charge >= 0.3 is 5.69 Å². The molecule has 1 saturated carbocycles. The van der Waals surface area contributed by atoms with E-state index in [0.717, 1.165) is 54.3 Å². The van der Waals surface area contributed by atoms with E-state index in [1.807, 2.05) is 11.0 Å². The highest BCUT2D eigenvalue weighted by molar-refractivity contribution is 6.00. The van der Waals surface area contributed by atoms with E-state index < -0.39 is 23.1 Å². The molecule has 1 N–H and O–H groups in total. The fraction of sp³-hybridized carbons (Fsp3) is 0.383. The Labute approximate surface area is 365 Å². The average molecular weight is 865 g/mol. The van der Waals surface area contributed by atoms with Gasteiger partial charge in [-0.15, -0.1) is 10.2 Å². The van der Waals surface area contributed by atoms with Gasteiger partial charge in [0.2, 0.25) is 0 Å². The second-order valence-electron chi connectivity index (χ2n) is 18.8. The minimum atomic E-state index is -0.652. The number of imidazole rings is 1. The highest BCUT2D eigenvalue weighted by Gasteiger charge is 2.54. The molecule has 1 aliphatic carbocycles. The van der Waals surface area contributed by atoms with Crippen molar-refractivity contribution >= 4 is 27.7 Å². The maximum Gasteiger partial charge on any atom is 0.338 e. The first-order valence-electron chi connectivity index (χ1n) is 22.0. The third-order valence-corrected chi connectivity index (χ3v) is 14.4. The van der Waals surface area contributed by atoms with Crippen LogP contribution in [0.15, 0.2) is 71.9 Å². The summed E-state index contributed by atoms with van der Waals surface area (Å²) in [5.41, 5.74) is 4.83. The van der Waals surface area contributed by atoms with Gasteiger partial charge in [0.25, 0.3) is 5.91 Å². The first-order chi connectivity index (χ1) is 30.8. The van der Waals surface area contributed by atoms with Crippen LogP contribution in [0.2, 0.25) is 0 Å². The van der Waals surface area contributed by atoms with Crippen molar-refractivity contribution in [1.29, 1.82) is 0 Å². The van der Waals surface area contributed by atoms with Crippen LogP contribution in [0.5, 0.6) is 0 Å². The van der Waals surface area contributed by atoms with Crippen molar-refractivity contribution in [2.45, 2.75) is 102 Å². The van der Waals surface area contributed by atoms with Crippen molar-refractivity contribution in [3.05, 3.63) is 129 Å². The van der Waals surface area contributed by atoms with Gasteiger partial charge in [0.05, 0.1) is 45.8 Å². The maximum atomic E-state index is 16.2. The fourth-order valence-corrected chi connectivity index (χ4v) is 11.2. The number of tetrazole rings is 1. The van der Waals surface area contributed by atoms with Crippen molar-refractivity contribution in [2.24, 2.45) is 7.05 Å². The predicted octanol–water partition coefficient (Wildman–Crippen LogP) is 7.18. The number of fused-ring (bicyclic) bond motifs is 6. The van der Waals surface area contributed by atoms with Crippen LogP contribution in [0.4, 0.5) is 8.78 Å². The second-order valence-corrected chi connectivity index (χ2v) is 18.8. The van der Waals surface area contributed by atoms with Crippen molar-refractivity contribution in [2.75, 3.05) is 6.61 Å². The zero-order valence-corrected chi connectivity index (χ0v) is 36.1. The molecule has 0 spiro atoms. The molecule has 0 radical (unpaired) electrons. The van der Waals surface area contributed by atoms with Gasteiger partial charge in [-0.05, 0) is 131 Å². The smallest absolute Gasteiger partial charge is 0.338 e. The molecule has 2 bridgehead atoms. The lowest BCUT2D eigenvalue weighted by Crippen LogP contribution is -2.43. The standard InChI is InChI=1S/C47H46F2N12O3/c1-25-18-31(19-26(2)40(25)48)61-42(58-16-15-57(45(58)63)37-11-10-35-32(41(37)49)24-50-56(35)5)39-33(53-61)22-30-7-9-36(39)59(30)43(62)38-21-29-20-27(28-12-17-64-46(3,4)23-28)6-8-34(29)60(38)47(13-14-47)44-51-54-55-52-44/h6,8,10-11,15-16,18-21,24,28,30,36H,7,9,12-14,17,22-23H2,1-5H3,(H,51,52,54,55)/t28-,30+,36-/m0/s1. The molecule has 64 heavy (non-hydrogen) atoms. The van der Waals surface area contributed by atoms with E-state index in [4.69, 9.17) is 9.84 Å². The lowest BCUT2D eigenvalue weighted by molar-refractivity contribution is -0.0592. The number of ether oxygens (including phenoxy) is 1. The fourth-order valence-electron chi connectivity index (χ4n) is 11.2. The number of aromatic nitrogens is 11. The van der Waals surface area contributed by atoms with Crippen LogP contribution in [-0.4, -0.2) is 82.9 Å². The lowest BCUT2D eigenvalue weighted by Gasteiger charge is -2.35. The number of nitrogens with one attached hydrogen (secondary N) is 1. The van der Waals surface area contributed by atoms with Gasteiger partial charge in [0.1, 0.15) is 22.9 Å². The first kappa shape index (κ1) is 38.9. The SMILES string of the molecule is Cc1cc(-n2nc3c(c2-n2ccn(-c4ccc5c(cnn5C)c4F)c2=O)[C@@H]2CC[C@H](C3)N2C(=O)c2cc3cc([C@H]4CCOC(C)(C)C4)ccc3n2C2(c3nn[nH]n3)CC2)cc(C)c1F. The van der Waals surface area contributed by atoms with E-state index in [1.54, 1.807) is 60.7 Å². The van der Waals surface area contributed by atoms with Gasteiger partial charge in [0.15, 0.2) is 11.6 Å². The third-order valence-electron chi connectivity index (χ3n) is 14.4. The normalized spacial score (nSPS) is 21.0. The summed E-state index contributed by atoms with van der Waals surface area (Å²) in [6.45, 7) is 8.36.